The largest absolute Gasteiger partial charge is 0.382 e. The van der Waals surface area contributed by atoms with Gasteiger partial charge in [0.05, 0.1) is 11.4 Å². The molecule has 3 heteroatoms. The van der Waals surface area contributed by atoms with E-state index in [0.717, 1.165) is 12.2 Å². The zero-order valence-electron chi connectivity index (χ0n) is 10.2. The molecule has 3 nitrogen and oxygen atoms in total. The highest BCUT2D eigenvalue weighted by atomic mass is 15.3. The van der Waals surface area contributed by atoms with Crippen molar-refractivity contribution < 1.29 is 0 Å². The number of unbranched alkanes of at least 4 members (excludes halogenated alkanes) is 4. The predicted octanol–water partition coefficient (Wildman–Crippen LogP) is 3.11. The molecule has 0 amide bonds. The highest BCUT2D eigenvalue weighted by Crippen LogP contribution is 2.11. The van der Waals surface area contributed by atoms with Crippen molar-refractivity contribution in [3.63, 3.8) is 0 Å². The maximum absolute atomic E-state index is 4.29. The lowest BCUT2D eigenvalue weighted by atomic mass is 10.1. The third-order valence-corrected chi connectivity index (χ3v) is 2.61. The Morgan fingerprint density at radius 2 is 2.00 bits per heavy atom. The average molecular weight is 209 g/mol. The lowest BCUT2D eigenvalue weighted by Crippen LogP contribution is -2.01. The van der Waals surface area contributed by atoms with E-state index in [4.69, 9.17) is 0 Å². The van der Waals surface area contributed by atoms with Gasteiger partial charge in [-0.05, 0) is 13.3 Å². The highest BCUT2D eigenvalue weighted by molar-refractivity contribution is 5.45. The number of anilines is 1. The molecule has 0 spiro atoms. The first-order valence-electron chi connectivity index (χ1n) is 5.98. The van der Waals surface area contributed by atoms with Gasteiger partial charge in [0.25, 0.3) is 0 Å². The Bertz CT molecular complexity index is 278. The van der Waals surface area contributed by atoms with Crippen molar-refractivity contribution in [2.75, 3.05) is 11.9 Å². The zero-order chi connectivity index (χ0) is 11.1. The molecular weight excluding hydrogens is 186 g/mol. The van der Waals surface area contributed by atoms with Crippen LogP contribution in [0.3, 0.4) is 0 Å². The van der Waals surface area contributed by atoms with Crippen molar-refractivity contribution >= 4 is 5.69 Å². The van der Waals surface area contributed by atoms with Gasteiger partial charge in [-0.2, -0.15) is 5.10 Å². The van der Waals surface area contributed by atoms with Crippen LogP contribution in [0.1, 0.15) is 44.7 Å². The number of nitrogens with one attached hydrogen (secondary N) is 1. The minimum atomic E-state index is 1.07. The van der Waals surface area contributed by atoms with Gasteiger partial charge >= 0.3 is 0 Å². The van der Waals surface area contributed by atoms with Gasteiger partial charge in [0, 0.05) is 19.8 Å². The molecule has 15 heavy (non-hydrogen) atoms. The molecule has 1 N–H and O–H groups in total. The molecule has 0 saturated carbocycles. The van der Waals surface area contributed by atoms with Crippen LogP contribution in [0.2, 0.25) is 0 Å². The number of nitrogens with zero attached hydrogens (tertiary/aromatic N) is 2. The number of aryl methyl sites for hydroxylation is 2. The first-order valence-corrected chi connectivity index (χ1v) is 5.98. The molecule has 0 saturated heterocycles. The van der Waals surface area contributed by atoms with Crippen molar-refractivity contribution in [1.82, 2.24) is 9.78 Å². The summed E-state index contributed by atoms with van der Waals surface area (Å²) < 4.78 is 1.86. The van der Waals surface area contributed by atoms with Gasteiger partial charge < -0.3 is 5.32 Å². The number of aromatic nitrogens is 2. The van der Waals surface area contributed by atoms with Crippen molar-refractivity contribution in [3.8, 4) is 0 Å². The molecule has 0 fully saturated rings. The lowest BCUT2D eigenvalue weighted by Gasteiger charge is -2.03. The SMILES string of the molecule is CCCCCCCNc1cn(C)nc1C. The predicted molar refractivity (Wildman–Crippen MR) is 65.2 cm³/mol. The Hall–Kier alpha value is -0.990. The summed E-state index contributed by atoms with van der Waals surface area (Å²) >= 11 is 0. The van der Waals surface area contributed by atoms with Crippen molar-refractivity contribution in [2.45, 2.75) is 46.0 Å². The van der Waals surface area contributed by atoms with Crippen LogP contribution in [-0.2, 0) is 7.05 Å². The third kappa shape index (κ3) is 4.36. The van der Waals surface area contributed by atoms with E-state index in [1.54, 1.807) is 0 Å². The third-order valence-electron chi connectivity index (χ3n) is 2.61. The molecule has 0 aliphatic rings. The summed E-state index contributed by atoms with van der Waals surface area (Å²) in [5, 5.41) is 7.72. The maximum atomic E-state index is 4.29. The number of rotatable bonds is 7. The maximum Gasteiger partial charge on any atom is 0.0824 e. The van der Waals surface area contributed by atoms with Crippen LogP contribution in [0.25, 0.3) is 0 Å². The second-order valence-corrected chi connectivity index (χ2v) is 4.14. The molecule has 0 aliphatic heterocycles. The molecule has 0 radical (unpaired) electrons. The van der Waals surface area contributed by atoms with E-state index in [0.29, 0.717) is 0 Å². The quantitative estimate of drug-likeness (QED) is 0.699. The summed E-state index contributed by atoms with van der Waals surface area (Å²) in [6.07, 6.45) is 8.68. The van der Waals surface area contributed by atoms with Crippen LogP contribution >= 0.6 is 0 Å². The van der Waals surface area contributed by atoms with Gasteiger partial charge in [0.2, 0.25) is 0 Å². The van der Waals surface area contributed by atoms with Crippen molar-refractivity contribution in [2.24, 2.45) is 7.05 Å². The van der Waals surface area contributed by atoms with Gasteiger partial charge in [-0.25, -0.2) is 0 Å². The van der Waals surface area contributed by atoms with Crippen LogP contribution in [-0.4, -0.2) is 16.3 Å². The normalized spacial score (nSPS) is 10.6. The van der Waals surface area contributed by atoms with E-state index in [-0.39, 0.29) is 0 Å². The summed E-state index contributed by atoms with van der Waals surface area (Å²) in [6, 6.07) is 0. The molecule has 1 aromatic heterocycles. The van der Waals surface area contributed by atoms with E-state index in [1.165, 1.54) is 37.8 Å². The molecule has 0 unspecified atom stereocenters. The smallest absolute Gasteiger partial charge is 0.0824 e. The fraction of sp³-hybridized carbons (Fsp3) is 0.750. The second kappa shape index (κ2) is 6.49. The van der Waals surface area contributed by atoms with Crippen molar-refractivity contribution in [3.05, 3.63) is 11.9 Å². The van der Waals surface area contributed by atoms with Gasteiger partial charge in [0.1, 0.15) is 0 Å². The summed E-state index contributed by atoms with van der Waals surface area (Å²) in [6.45, 7) is 5.35. The minimum absolute atomic E-state index is 1.07. The Morgan fingerprint density at radius 1 is 1.27 bits per heavy atom. The van der Waals surface area contributed by atoms with Crippen LogP contribution in [0.15, 0.2) is 6.20 Å². The first kappa shape index (κ1) is 12.1. The minimum Gasteiger partial charge on any atom is -0.382 e. The Labute approximate surface area is 92.9 Å². The Morgan fingerprint density at radius 3 is 2.60 bits per heavy atom. The Kier molecular flexibility index (Phi) is 5.22. The van der Waals surface area contributed by atoms with Gasteiger partial charge in [-0.15, -0.1) is 0 Å². The molecule has 1 aromatic rings. The molecule has 1 rings (SSSR count). The summed E-state index contributed by atoms with van der Waals surface area (Å²) in [7, 11) is 1.96. The van der Waals surface area contributed by atoms with E-state index in [2.05, 4.69) is 17.3 Å². The standard InChI is InChI=1S/C12H23N3/c1-4-5-6-7-8-9-13-12-10-15(3)14-11(12)2/h10,13H,4-9H2,1-3H3. The van der Waals surface area contributed by atoms with Crippen LogP contribution in [0, 0.1) is 6.92 Å². The Balaban J connectivity index is 2.12. The van der Waals surface area contributed by atoms with Gasteiger partial charge in [0.15, 0.2) is 0 Å². The molecule has 86 valence electrons. The first-order chi connectivity index (χ1) is 7.24. The highest BCUT2D eigenvalue weighted by Gasteiger charge is 2.00. The van der Waals surface area contributed by atoms with Gasteiger partial charge in [-0.1, -0.05) is 32.6 Å². The van der Waals surface area contributed by atoms with E-state index < -0.39 is 0 Å². The monoisotopic (exact) mass is 209 g/mol. The van der Waals surface area contributed by atoms with Crippen molar-refractivity contribution in [1.29, 1.82) is 0 Å². The molecule has 0 atom stereocenters. The fourth-order valence-electron chi connectivity index (χ4n) is 1.72. The van der Waals surface area contributed by atoms with Gasteiger partial charge in [-0.3, -0.25) is 4.68 Å². The topological polar surface area (TPSA) is 29.9 Å². The number of hydrogen-bond donors (Lipinski definition) is 1. The molecule has 0 bridgehead atoms. The molecule has 0 aromatic carbocycles. The fourth-order valence-corrected chi connectivity index (χ4v) is 1.72. The van der Waals surface area contributed by atoms with Crippen LogP contribution in [0.4, 0.5) is 5.69 Å². The van der Waals surface area contributed by atoms with Crippen LogP contribution < -0.4 is 5.32 Å². The average Bonchev–Trinajstić information content (AvgIpc) is 2.51. The van der Waals surface area contributed by atoms with E-state index in [9.17, 15) is 0 Å². The zero-order valence-corrected chi connectivity index (χ0v) is 10.2. The molecular formula is C12H23N3. The molecule has 1 heterocycles. The molecule has 0 aliphatic carbocycles. The van der Waals surface area contributed by atoms with E-state index in [1.807, 2.05) is 24.9 Å². The summed E-state index contributed by atoms with van der Waals surface area (Å²) in [5.74, 6) is 0. The second-order valence-electron chi connectivity index (χ2n) is 4.14. The van der Waals surface area contributed by atoms with Crippen LogP contribution in [0.5, 0.6) is 0 Å². The lowest BCUT2D eigenvalue weighted by molar-refractivity contribution is 0.645. The van der Waals surface area contributed by atoms with E-state index >= 15 is 0 Å². The summed E-state index contributed by atoms with van der Waals surface area (Å²) in [5.41, 5.74) is 2.26. The summed E-state index contributed by atoms with van der Waals surface area (Å²) in [4.78, 5) is 0. The number of hydrogen-bond acceptors (Lipinski definition) is 2.